The van der Waals surface area contributed by atoms with E-state index >= 15 is 0 Å². The van der Waals surface area contributed by atoms with Gasteiger partial charge in [-0.05, 0) is 43.5 Å². The quantitative estimate of drug-likeness (QED) is 0.781. The Morgan fingerprint density at radius 3 is 2.57 bits per heavy atom. The van der Waals surface area contributed by atoms with Crippen molar-refractivity contribution in [3.05, 3.63) is 23.3 Å². The third-order valence-corrected chi connectivity index (χ3v) is 3.76. The maximum atomic E-state index is 11.8. The van der Waals surface area contributed by atoms with Gasteiger partial charge in [0.1, 0.15) is 5.60 Å². The third kappa shape index (κ3) is 3.13. The summed E-state index contributed by atoms with van der Waals surface area (Å²) in [5.41, 5.74) is 1.38. The minimum atomic E-state index is -0.695. The van der Waals surface area contributed by atoms with Gasteiger partial charge in [-0.25, -0.2) is 0 Å². The molecule has 0 N–H and O–H groups in total. The van der Waals surface area contributed by atoms with E-state index in [1.54, 1.807) is 21.1 Å². The molecule has 0 saturated carbocycles. The standard InChI is InChI=1S/C16H22O5/c1-5-20-15(17)10-16(2)12-9-14(19-4)13(18-3)8-11(12)6-7-21-16/h8-9H,5-7,10H2,1-4H3. The van der Waals surface area contributed by atoms with Gasteiger partial charge >= 0.3 is 5.97 Å². The first-order valence-corrected chi connectivity index (χ1v) is 7.09. The zero-order chi connectivity index (χ0) is 15.5. The molecule has 1 aliphatic rings. The van der Waals surface area contributed by atoms with Gasteiger partial charge in [0.05, 0.1) is 33.9 Å². The highest BCUT2D eigenvalue weighted by atomic mass is 16.5. The number of hydrogen-bond acceptors (Lipinski definition) is 5. The van der Waals surface area contributed by atoms with Crippen LogP contribution < -0.4 is 9.47 Å². The number of esters is 1. The molecule has 1 heterocycles. The van der Waals surface area contributed by atoms with Crippen LogP contribution in [-0.4, -0.2) is 33.4 Å². The molecule has 0 amide bonds. The summed E-state index contributed by atoms with van der Waals surface area (Å²) in [7, 11) is 3.21. The van der Waals surface area contributed by atoms with E-state index in [2.05, 4.69) is 0 Å². The molecule has 5 heteroatoms. The summed E-state index contributed by atoms with van der Waals surface area (Å²) in [5, 5.41) is 0. The lowest BCUT2D eigenvalue weighted by molar-refractivity contribution is -0.152. The molecule has 0 spiro atoms. The van der Waals surface area contributed by atoms with Crippen LogP contribution in [-0.2, 0) is 26.3 Å². The molecule has 1 aromatic rings. The maximum absolute atomic E-state index is 11.8. The van der Waals surface area contributed by atoms with Gasteiger partial charge in [-0.2, -0.15) is 0 Å². The van der Waals surface area contributed by atoms with Crippen molar-refractivity contribution in [2.24, 2.45) is 0 Å². The second-order valence-corrected chi connectivity index (χ2v) is 5.18. The van der Waals surface area contributed by atoms with Crippen LogP contribution in [0, 0.1) is 0 Å². The first kappa shape index (κ1) is 15.6. The number of ether oxygens (including phenoxy) is 4. The van der Waals surface area contributed by atoms with E-state index in [0.717, 1.165) is 17.5 Å². The summed E-state index contributed by atoms with van der Waals surface area (Å²) in [5.74, 6) is 1.07. The average molecular weight is 294 g/mol. The van der Waals surface area contributed by atoms with Crippen LogP contribution in [0.4, 0.5) is 0 Å². The van der Waals surface area contributed by atoms with Crippen molar-refractivity contribution in [1.29, 1.82) is 0 Å². The van der Waals surface area contributed by atoms with E-state index in [1.165, 1.54) is 0 Å². The Morgan fingerprint density at radius 1 is 1.29 bits per heavy atom. The van der Waals surface area contributed by atoms with E-state index in [1.807, 2.05) is 19.1 Å². The Bertz CT molecular complexity index is 526. The molecule has 0 aliphatic carbocycles. The number of benzene rings is 1. The predicted octanol–water partition coefficient (Wildman–Crippen LogP) is 2.44. The Kier molecular flexibility index (Phi) is 4.73. The third-order valence-electron chi connectivity index (χ3n) is 3.76. The molecule has 1 unspecified atom stereocenters. The van der Waals surface area contributed by atoms with Crippen LogP contribution in [0.1, 0.15) is 31.4 Å². The largest absolute Gasteiger partial charge is 0.493 e. The van der Waals surface area contributed by atoms with E-state index < -0.39 is 5.60 Å². The smallest absolute Gasteiger partial charge is 0.309 e. The van der Waals surface area contributed by atoms with Gasteiger partial charge in [0.2, 0.25) is 0 Å². The van der Waals surface area contributed by atoms with Crippen molar-refractivity contribution < 1.29 is 23.7 Å². The molecule has 0 radical (unpaired) electrons. The highest BCUT2D eigenvalue weighted by Gasteiger charge is 2.37. The van der Waals surface area contributed by atoms with Gasteiger partial charge in [-0.3, -0.25) is 4.79 Å². The van der Waals surface area contributed by atoms with E-state index in [-0.39, 0.29) is 12.4 Å². The minimum Gasteiger partial charge on any atom is -0.493 e. The molecule has 1 aliphatic heterocycles. The topological polar surface area (TPSA) is 54.0 Å². The van der Waals surface area contributed by atoms with Crippen molar-refractivity contribution in [3.63, 3.8) is 0 Å². The molecule has 1 atom stereocenters. The zero-order valence-corrected chi connectivity index (χ0v) is 13.0. The van der Waals surface area contributed by atoms with Crippen molar-refractivity contribution in [2.45, 2.75) is 32.3 Å². The SMILES string of the molecule is CCOC(=O)CC1(C)OCCc2cc(OC)c(OC)cc21. The highest BCUT2D eigenvalue weighted by Crippen LogP contribution is 2.41. The van der Waals surface area contributed by atoms with E-state index in [4.69, 9.17) is 18.9 Å². The normalized spacial score (nSPS) is 20.6. The fourth-order valence-corrected chi connectivity index (χ4v) is 2.72. The van der Waals surface area contributed by atoms with Gasteiger partial charge in [0, 0.05) is 0 Å². The first-order valence-electron chi connectivity index (χ1n) is 7.09. The van der Waals surface area contributed by atoms with Crippen LogP contribution in [0.2, 0.25) is 0 Å². The number of methoxy groups -OCH3 is 2. The van der Waals surface area contributed by atoms with Crippen LogP contribution in [0.3, 0.4) is 0 Å². The fourth-order valence-electron chi connectivity index (χ4n) is 2.72. The summed E-state index contributed by atoms with van der Waals surface area (Å²) >= 11 is 0. The monoisotopic (exact) mass is 294 g/mol. The lowest BCUT2D eigenvalue weighted by atomic mass is 9.85. The summed E-state index contributed by atoms with van der Waals surface area (Å²) in [6, 6.07) is 3.85. The van der Waals surface area contributed by atoms with Crippen molar-refractivity contribution in [1.82, 2.24) is 0 Å². The molecule has 0 saturated heterocycles. The summed E-state index contributed by atoms with van der Waals surface area (Å²) in [6.07, 6.45) is 0.970. The highest BCUT2D eigenvalue weighted by molar-refractivity contribution is 5.71. The molecule has 0 aromatic heterocycles. The van der Waals surface area contributed by atoms with E-state index in [0.29, 0.717) is 24.7 Å². The number of fused-ring (bicyclic) bond motifs is 1. The van der Waals surface area contributed by atoms with Gasteiger partial charge in [0.25, 0.3) is 0 Å². The molecule has 21 heavy (non-hydrogen) atoms. The van der Waals surface area contributed by atoms with Gasteiger partial charge < -0.3 is 18.9 Å². The Morgan fingerprint density at radius 2 is 1.95 bits per heavy atom. The average Bonchev–Trinajstić information content (AvgIpc) is 2.46. The molecule has 5 nitrogen and oxygen atoms in total. The second-order valence-electron chi connectivity index (χ2n) is 5.18. The predicted molar refractivity (Wildman–Crippen MR) is 77.8 cm³/mol. The molecular weight excluding hydrogens is 272 g/mol. The van der Waals surface area contributed by atoms with Crippen molar-refractivity contribution >= 4 is 5.97 Å². The lowest BCUT2D eigenvalue weighted by Gasteiger charge is -2.36. The Hall–Kier alpha value is -1.75. The van der Waals surface area contributed by atoms with Crippen LogP contribution >= 0.6 is 0 Å². The van der Waals surface area contributed by atoms with Crippen LogP contribution in [0.5, 0.6) is 11.5 Å². The first-order chi connectivity index (χ1) is 10.0. The molecule has 0 bridgehead atoms. The van der Waals surface area contributed by atoms with Crippen LogP contribution in [0.25, 0.3) is 0 Å². The molecule has 0 fully saturated rings. The van der Waals surface area contributed by atoms with Crippen molar-refractivity contribution in [2.75, 3.05) is 27.4 Å². The Labute approximate surface area is 125 Å². The second kappa shape index (κ2) is 6.35. The number of hydrogen-bond donors (Lipinski definition) is 0. The van der Waals surface area contributed by atoms with E-state index in [9.17, 15) is 4.79 Å². The summed E-state index contributed by atoms with van der Waals surface area (Å²) in [6.45, 7) is 4.64. The fraction of sp³-hybridized carbons (Fsp3) is 0.562. The lowest BCUT2D eigenvalue weighted by Crippen LogP contribution is -2.35. The number of carbonyl (C=O) groups excluding carboxylic acids is 1. The summed E-state index contributed by atoms with van der Waals surface area (Å²) in [4.78, 5) is 11.8. The maximum Gasteiger partial charge on any atom is 0.309 e. The molecule has 116 valence electrons. The van der Waals surface area contributed by atoms with Gasteiger partial charge in [-0.15, -0.1) is 0 Å². The van der Waals surface area contributed by atoms with Gasteiger partial charge in [-0.1, -0.05) is 0 Å². The number of carbonyl (C=O) groups is 1. The molecular formula is C16H22O5. The molecule has 1 aromatic carbocycles. The van der Waals surface area contributed by atoms with Crippen LogP contribution in [0.15, 0.2) is 12.1 Å². The minimum absolute atomic E-state index is 0.184. The summed E-state index contributed by atoms with van der Waals surface area (Å²) < 4.78 is 21.6. The zero-order valence-electron chi connectivity index (χ0n) is 13.0. The molecule has 2 rings (SSSR count). The van der Waals surface area contributed by atoms with Gasteiger partial charge in [0.15, 0.2) is 11.5 Å². The number of rotatable bonds is 5. The van der Waals surface area contributed by atoms with Crippen molar-refractivity contribution in [3.8, 4) is 11.5 Å². The Balaban J connectivity index is 2.39.